The van der Waals surface area contributed by atoms with Gasteiger partial charge in [0.2, 0.25) is 15.9 Å². The van der Waals surface area contributed by atoms with Crippen molar-refractivity contribution >= 4 is 38.4 Å². The Morgan fingerprint density at radius 3 is 2.46 bits per heavy atom. The predicted octanol–water partition coefficient (Wildman–Crippen LogP) is 2.81. The minimum absolute atomic E-state index is 0.0199. The van der Waals surface area contributed by atoms with E-state index < -0.39 is 69.4 Å². The Kier molecular flexibility index (Phi) is 9.14. The van der Waals surface area contributed by atoms with Crippen LogP contribution in [0.5, 0.6) is 0 Å². The van der Waals surface area contributed by atoms with E-state index in [4.69, 9.17) is 0 Å². The molecule has 2 aromatic carbocycles. The first-order valence-electron chi connectivity index (χ1n) is 14.9. The fraction of sp³-hybridized carbons (Fsp3) is 0.484. The van der Waals surface area contributed by atoms with Gasteiger partial charge in [0.25, 0.3) is 12.3 Å². The summed E-state index contributed by atoms with van der Waals surface area (Å²) >= 11 is 0. The summed E-state index contributed by atoms with van der Waals surface area (Å²) in [5.74, 6) is -3.35. The number of rotatable bonds is 9. The van der Waals surface area contributed by atoms with Crippen LogP contribution in [0.2, 0.25) is 0 Å². The molecule has 10 nitrogen and oxygen atoms in total. The molecule has 2 amide bonds. The topological polar surface area (TPSA) is 124 Å². The van der Waals surface area contributed by atoms with Crippen molar-refractivity contribution in [3.8, 4) is 0 Å². The number of alkyl halides is 2. The highest BCUT2D eigenvalue weighted by Gasteiger charge is 2.43. The fourth-order valence-corrected chi connectivity index (χ4v) is 7.79. The number of carbonyl (C=O) groups is 2. The zero-order valence-electron chi connectivity index (χ0n) is 25.9. The summed E-state index contributed by atoms with van der Waals surface area (Å²) in [6, 6.07) is 3.01. The number of hydrogen-bond acceptors (Lipinski definition) is 6. The maximum absolute atomic E-state index is 14.1. The molecule has 0 radical (unpaired) electrons. The molecule has 3 aromatic rings. The number of halogens is 4. The lowest BCUT2D eigenvalue weighted by molar-refractivity contribution is -0.141. The lowest BCUT2D eigenvalue weighted by atomic mass is 9.93. The first-order valence-corrected chi connectivity index (χ1v) is 16.4. The molecule has 5 rings (SSSR count). The monoisotopic (exact) mass is 667 g/mol. The number of amides is 2. The van der Waals surface area contributed by atoms with Crippen LogP contribution in [0.4, 0.5) is 23.2 Å². The van der Waals surface area contributed by atoms with Crippen molar-refractivity contribution in [2.75, 3.05) is 31.0 Å². The van der Waals surface area contributed by atoms with E-state index in [1.165, 1.54) is 13.1 Å². The largest absolute Gasteiger partial charge is 0.389 e. The maximum atomic E-state index is 14.1. The van der Waals surface area contributed by atoms with E-state index in [9.17, 15) is 40.7 Å². The van der Waals surface area contributed by atoms with Gasteiger partial charge in [-0.15, -0.1) is 0 Å². The molecule has 0 unspecified atom stereocenters. The van der Waals surface area contributed by atoms with Crippen LogP contribution in [0.3, 0.4) is 0 Å². The van der Waals surface area contributed by atoms with Gasteiger partial charge in [-0.3, -0.25) is 13.9 Å². The van der Waals surface area contributed by atoms with E-state index in [-0.39, 0.29) is 42.9 Å². The summed E-state index contributed by atoms with van der Waals surface area (Å²) in [6.45, 7) is 4.58. The van der Waals surface area contributed by atoms with Crippen molar-refractivity contribution in [1.29, 1.82) is 0 Å². The number of nitrogens with one attached hydrogen (secondary N) is 2. The molecule has 0 bridgehead atoms. The number of anilines is 1. The third kappa shape index (κ3) is 6.19. The van der Waals surface area contributed by atoms with Gasteiger partial charge in [-0.25, -0.2) is 26.0 Å². The molecule has 0 saturated carbocycles. The molecule has 2 aliphatic rings. The molecule has 3 N–H and O–H groups in total. The third-order valence-corrected chi connectivity index (χ3v) is 11.2. The summed E-state index contributed by atoms with van der Waals surface area (Å²) in [5.41, 5.74) is 1.88. The number of carbonyl (C=O) groups excluding carboxylic acids is 2. The average Bonchev–Trinajstić information content (AvgIpc) is 3.30. The molecule has 1 fully saturated rings. The Morgan fingerprint density at radius 1 is 1.15 bits per heavy atom. The van der Waals surface area contributed by atoms with Crippen LogP contribution in [0, 0.1) is 11.6 Å². The molecular formula is C31H37F4N5O5S. The normalized spacial score (nSPS) is 20.6. The van der Waals surface area contributed by atoms with Crippen LogP contribution in [-0.4, -0.2) is 90.8 Å². The molecule has 3 atom stereocenters. The number of nitrogens with zero attached hydrogens (tertiary/aromatic N) is 3. The van der Waals surface area contributed by atoms with Crippen molar-refractivity contribution in [2.24, 2.45) is 0 Å². The van der Waals surface area contributed by atoms with Crippen LogP contribution in [0.1, 0.15) is 42.3 Å². The van der Waals surface area contributed by atoms with Crippen LogP contribution in [0.25, 0.3) is 10.9 Å². The second-order valence-corrected chi connectivity index (χ2v) is 15.0. The van der Waals surface area contributed by atoms with Gasteiger partial charge in [0.15, 0.2) is 0 Å². The SMILES string of the molecule is CCc1cn2c3c(cc(C(=O)N[C@@H](Cc4cc(F)cc(F)c4)[C@H](O)[C@@H]4NCCN(CC(F)F)C4=O)cc13)N(C)S(=O)(=O)C(C)(C)C2. The second-order valence-electron chi connectivity index (χ2n) is 12.4. The maximum Gasteiger partial charge on any atom is 0.255 e. The molecule has 0 aliphatic carbocycles. The van der Waals surface area contributed by atoms with Gasteiger partial charge in [-0.05, 0) is 62.1 Å². The summed E-state index contributed by atoms with van der Waals surface area (Å²) in [4.78, 5) is 27.9. The van der Waals surface area contributed by atoms with Crippen LogP contribution < -0.4 is 14.9 Å². The number of piperazine rings is 1. The van der Waals surface area contributed by atoms with Crippen molar-refractivity contribution in [3.63, 3.8) is 0 Å². The third-order valence-electron chi connectivity index (χ3n) is 8.76. The van der Waals surface area contributed by atoms with Crippen molar-refractivity contribution in [1.82, 2.24) is 20.1 Å². The number of aliphatic hydroxyl groups is 1. The number of sulfonamides is 1. The number of hydrogen-bond donors (Lipinski definition) is 3. The first-order chi connectivity index (χ1) is 21.5. The van der Waals surface area contributed by atoms with Gasteiger partial charge in [0.1, 0.15) is 22.4 Å². The van der Waals surface area contributed by atoms with Gasteiger partial charge < -0.3 is 25.2 Å². The number of benzene rings is 2. The summed E-state index contributed by atoms with van der Waals surface area (Å²) in [6.07, 6.45) is -2.38. The predicted molar refractivity (Wildman–Crippen MR) is 164 cm³/mol. The van der Waals surface area contributed by atoms with E-state index in [1.54, 1.807) is 19.9 Å². The smallest absolute Gasteiger partial charge is 0.255 e. The van der Waals surface area contributed by atoms with E-state index in [0.29, 0.717) is 23.4 Å². The molecule has 250 valence electrons. The van der Waals surface area contributed by atoms with E-state index in [1.807, 2.05) is 17.7 Å². The summed E-state index contributed by atoms with van der Waals surface area (Å²) < 4.78 is 83.4. The Hall–Kier alpha value is -3.69. The van der Waals surface area contributed by atoms with Gasteiger partial charge in [0, 0.05) is 49.9 Å². The number of aromatic nitrogens is 1. The quantitative estimate of drug-likeness (QED) is 0.302. The highest BCUT2D eigenvalue weighted by molar-refractivity contribution is 7.94. The molecule has 3 heterocycles. The lowest BCUT2D eigenvalue weighted by Crippen LogP contribution is -2.64. The molecular weight excluding hydrogens is 630 g/mol. The highest BCUT2D eigenvalue weighted by atomic mass is 32.2. The van der Waals surface area contributed by atoms with E-state index in [2.05, 4.69) is 10.6 Å². The van der Waals surface area contributed by atoms with Crippen molar-refractivity contribution < 1.29 is 40.7 Å². The summed E-state index contributed by atoms with van der Waals surface area (Å²) in [7, 11) is -2.46. The fourth-order valence-electron chi connectivity index (χ4n) is 6.35. The Balaban J connectivity index is 1.54. The zero-order valence-corrected chi connectivity index (χ0v) is 26.7. The summed E-state index contributed by atoms with van der Waals surface area (Å²) in [5, 5.41) is 17.6. The molecule has 1 aromatic heterocycles. The zero-order chi connectivity index (χ0) is 33.7. The van der Waals surface area contributed by atoms with Gasteiger partial charge in [-0.2, -0.15) is 0 Å². The van der Waals surface area contributed by atoms with Crippen LogP contribution in [-0.2, 0) is 34.2 Å². The van der Waals surface area contributed by atoms with Crippen LogP contribution >= 0.6 is 0 Å². The Morgan fingerprint density at radius 2 is 1.83 bits per heavy atom. The van der Waals surface area contributed by atoms with E-state index in [0.717, 1.165) is 26.9 Å². The highest BCUT2D eigenvalue weighted by Crippen LogP contribution is 2.40. The number of aryl methyl sites for hydroxylation is 1. The van der Waals surface area contributed by atoms with Crippen molar-refractivity contribution in [3.05, 3.63) is 64.9 Å². The molecule has 1 saturated heterocycles. The molecule has 46 heavy (non-hydrogen) atoms. The van der Waals surface area contributed by atoms with Gasteiger partial charge >= 0.3 is 0 Å². The standard InChI is InChI=1S/C31H37F4N5O5S/c1-5-18-14-40-16-31(2,3)46(44,45)38(4)24-12-19(11-22(18)27(24)40)29(42)37-23(10-17-8-20(32)13-21(33)9-17)28(41)26-30(43)39(7-6-36-26)15-25(34)35/h8-9,11-14,23,25-26,28,36,41H,5-7,10,15-16H2,1-4H3,(H,37,42)/t23-,26-,28-/m0/s1. The lowest BCUT2D eigenvalue weighted by Gasteiger charge is -2.38. The Labute approximate surface area is 264 Å². The minimum atomic E-state index is -3.88. The van der Waals surface area contributed by atoms with E-state index >= 15 is 0 Å². The molecule has 2 aliphatic heterocycles. The van der Waals surface area contributed by atoms with Gasteiger partial charge in [-0.1, -0.05) is 6.92 Å². The number of aliphatic hydroxyl groups excluding tert-OH is 1. The van der Waals surface area contributed by atoms with Gasteiger partial charge in [0.05, 0.1) is 29.9 Å². The first kappa shape index (κ1) is 33.7. The van der Waals surface area contributed by atoms with Crippen molar-refractivity contribution in [2.45, 2.75) is 69.5 Å². The average molecular weight is 668 g/mol. The minimum Gasteiger partial charge on any atom is -0.389 e. The van der Waals surface area contributed by atoms with Crippen LogP contribution in [0.15, 0.2) is 36.5 Å². The second kappa shape index (κ2) is 12.5. The molecule has 0 spiro atoms. The Bertz CT molecular complexity index is 1760. The molecule has 15 heteroatoms.